The van der Waals surface area contributed by atoms with Crippen LogP contribution in [0.4, 0.5) is 0 Å². The molecule has 0 radical (unpaired) electrons. The van der Waals surface area contributed by atoms with Crippen molar-refractivity contribution in [2.75, 3.05) is 25.4 Å². The Balaban J connectivity index is 1.30. The number of thioether (sulfide) groups is 1. The molecular formula is C21H26N2O2S. The first-order valence-corrected chi connectivity index (χ1v) is 10.6. The van der Waals surface area contributed by atoms with E-state index in [1.807, 2.05) is 16.7 Å². The van der Waals surface area contributed by atoms with Crippen molar-refractivity contribution in [3.05, 3.63) is 70.1 Å². The summed E-state index contributed by atoms with van der Waals surface area (Å²) in [5.74, 6) is 2.64. The number of aromatic nitrogens is 1. The molecule has 5 heteroatoms. The van der Waals surface area contributed by atoms with Gasteiger partial charge in [-0.1, -0.05) is 36.4 Å². The molecule has 4 rings (SSSR count). The van der Waals surface area contributed by atoms with E-state index in [0.717, 1.165) is 37.7 Å². The van der Waals surface area contributed by atoms with Gasteiger partial charge in [-0.05, 0) is 24.0 Å². The number of piperidine rings is 1. The second kappa shape index (κ2) is 7.99. The average molecular weight is 371 g/mol. The lowest BCUT2D eigenvalue weighted by Crippen LogP contribution is -2.49. The Bertz CT molecular complexity index is 792. The highest BCUT2D eigenvalue weighted by molar-refractivity contribution is 7.98. The maximum absolute atomic E-state index is 12.1. The maximum Gasteiger partial charge on any atom is 0.250 e. The highest BCUT2D eigenvalue weighted by Crippen LogP contribution is 2.34. The second-order valence-corrected chi connectivity index (χ2v) is 8.60. The Kier molecular flexibility index (Phi) is 5.48. The lowest BCUT2D eigenvalue weighted by molar-refractivity contribution is 0.0717. The number of β-amino-alcohol motifs (C(OH)–C–C–N with tert-alkyl or cyclic N) is 1. The number of benzene rings is 1. The summed E-state index contributed by atoms with van der Waals surface area (Å²) in [5.41, 5.74) is 2.61. The van der Waals surface area contributed by atoms with Crippen molar-refractivity contribution in [2.45, 2.75) is 30.7 Å². The molecule has 26 heavy (non-hydrogen) atoms. The molecule has 1 aromatic heterocycles. The fourth-order valence-electron chi connectivity index (χ4n) is 4.38. The number of hydrogen-bond acceptors (Lipinski definition) is 4. The molecule has 2 bridgehead atoms. The predicted molar refractivity (Wildman–Crippen MR) is 107 cm³/mol. The molecule has 0 saturated carbocycles. The quantitative estimate of drug-likeness (QED) is 0.849. The summed E-state index contributed by atoms with van der Waals surface area (Å²) in [6.45, 7) is 3.48. The Labute approximate surface area is 158 Å². The van der Waals surface area contributed by atoms with Gasteiger partial charge in [0.25, 0.3) is 5.56 Å². The van der Waals surface area contributed by atoms with Gasteiger partial charge in [0.15, 0.2) is 0 Å². The standard InChI is InChI=1S/C21H26N2O2S/c24-19(15-26-14-16-5-2-1-3-6-16)13-22-10-17-9-18(12-22)20-7-4-8-21(25)23(20)11-17/h1-8,17-19,24H,9-15H2/t17-,18-,19+/m0/s1. The van der Waals surface area contributed by atoms with Gasteiger partial charge < -0.3 is 9.67 Å². The smallest absolute Gasteiger partial charge is 0.250 e. The lowest BCUT2D eigenvalue weighted by atomic mass is 9.83. The molecular weight excluding hydrogens is 344 g/mol. The summed E-state index contributed by atoms with van der Waals surface area (Å²) >= 11 is 1.79. The predicted octanol–water partition coefficient (Wildman–Crippen LogP) is 2.56. The zero-order valence-electron chi connectivity index (χ0n) is 15.0. The minimum Gasteiger partial charge on any atom is -0.391 e. The number of likely N-dealkylation sites (tertiary alicyclic amines) is 1. The molecule has 0 spiro atoms. The maximum atomic E-state index is 12.1. The van der Waals surface area contributed by atoms with E-state index < -0.39 is 0 Å². The molecule has 1 N–H and O–H groups in total. The van der Waals surface area contributed by atoms with Crippen LogP contribution in [-0.2, 0) is 12.3 Å². The van der Waals surface area contributed by atoms with Crippen molar-refractivity contribution in [1.82, 2.24) is 9.47 Å². The highest BCUT2D eigenvalue weighted by Gasteiger charge is 2.34. The van der Waals surface area contributed by atoms with Crippen molar-refractivity contribution in [3.63, 3.8) is 0 Å². The zero-order chi connectivity index (χ0) is 17.9. The number of rotatable bonds is 6. The van der Waals surface area contributed by atoms with Crippen molar-refractivity contribution < 1.29 is 5.11 Å². The summed E-state index contributed by atoms with van der Waals surface area (Å²) in [6, 6.07) is 16.0. The van der Waals surface area contributed by atoms with Crippen LogP contribution < -0.4 is 5.56 Å². The van der Waals surface area contributed by atoms with E-state index in [1.54, 1.807) is 17.8 Å². The largest absolute Gasteiger partial charge is 0.391 e. The number of aliphatic hydroxyl groups is 1. The van der Waals surface area contributed by atoms with Gasteiger partial charge in [0.1, 0.15) is 0 Å². The first-order valence-electron chi connectivity index (χ1n) is 9.41. The van der Waals surface area contributed by atoms with Gasteiger partial charge in [0, 0.05) is 55.4 Å². The van der Waals surface area contributed by atoms with Gasteiger partial charge in [-0.2, -0.15) is 11.8 Å². The normalized spacial score (nSPS) is 23.4. The molecule has 0 unspecified atom stereocenters. The van der Waals surface area contributed by atoms with Crippen molar-refractivity contribution in [3.8, 4) is 0 Å². The molecule has 1 saturated heterocycles. The molecule has 2 aliphatic heterocycles. The molecule has 0 amide bonds. The van der Waals surface area contributed by atoms with E-state index >= 15 is 0 Å². The summed E-state index contributed by atoms with van der Waals surface area (Å²) in [5, 5.41) is 10.5. The van der Waals surface area contributed by atoms with Gasteiger partial charge in [0.05, 0.1) is 6.10 Å². The number of hydrogen-bond donors (Lipinski definition) is 1. The second-order valence-electron chi connectivity index (χ2n) is 7.57. The van der Waals surface area contributed by atoms with Crippen LogP contribution in [-0.4, -0.2) is 46.1 Å². The minimum atomic E-state index is -0.305. The van der Waals surface area contributed by atoms with E-state index in [9.17, 15) is 9.90 Å². The zero-order valence-corrected chi connectivity index (χ0v) is 15.8. The number of fused-ring (bicyclic) bond motifs is 4. The van der Waals surface area contributed by atoms with Crippen LogP contribution in [0.2, 0.25) is 0 Å². The van der Waals surface area contributed by atoms with Crippen LogP contribution in [0.5, 0.6) is 0 Å². The van der Waals surface area contributed by atoms with Gasteiger partial charge in [-0.15, -0.1) is 0 Å². The third-order valence-corrected chi connectivity index (χ3v) is 6.60. The van der Waals surface area contributed by atoms with Crippen LogP contribution in [0.15, 0.2) is 53.3 Å². The van der Waals surface area contributed by atoms with Crippen LogP contribution in [0.1, 0.15) is 23.6 Å². The van der Waals surface area contributed by atoms with E-state index in [-0.39, 0.29) is 11.7 Å². The highest BCUT2D eigenvalue weighted by atomic mass is 32.2. The SMILES string of the molecule is O=c1cccc2n1C[C@H]1C[C@H]2CN(C[C@@H](O)CSCc2ccccc2)C1. The molecule has 1 aromatic carbocycles. The Hall–Kier alpha value is -1.56. The lowest BCUT2D eigenvalue weighted by Gasteiger charge is -2.43. The Morgan fingerprint density at radius 3 is 2.77 bits per heavy atom. The Morgan fingerprint density at radius 2 is 1.92 bits per heavy atom. The molecule has 3 heterocycles. The molecule has 2 aromatic rings. The number of aliphatic hydroxyl groups excluding tert-OH is 1. The van der Waals surface area contributed by atoms with Crippen molar-refractivity contribution >= 4 is 11.8 Å². The fourth-order valence-corrected chi connectivity index (χ4v) is 5.31. The molecule has 1 fully saturated rings. The summed E-state index contributed by atoms with van der Waals surface area (Å²) in [7, 11) is 0. The van der Waals surface area contributed by atoms with Crippen LogP contribution >= 0.6 is 11.8 Å². The molecule has 0 aliphatic carbocycles. The van der Waals surface area contributed by atoms with E-state index in [0.29, 0.717) is 11.8 Å². The van der Waals surface area contributed by atoms with Gasteiger partial charge in [-0.25, -0.2) is 0 Å². The summed E-state index contributed by atoms with van der Waals surface area (Å²) < 4.78 is 1.96. The molecule has 3 atom stereocenters. The van der Waals surface area contributed by atoms with Crippen molar-refractivity contribution in [1.29, 1.82) is 0 Å². The van der Waals surface area contributed by atoms with E-state index in [4.69, 9.17) is 0 Å². The van der Waals surface area contributed by atoms with E-state index in [1.165, 1.54) is 17.7 Å². The van der Waals surface area contributed by atoms with Crippen LogP contribution in [0.3, 0.4) is 0 Å². The van der Waals surface area contributed by atoms with Gasteiger partial charge >= 0.3 is 0 Å². The third kappa shape index (κ3) is 4.05. The first-order chi connectivity index (χ1) is 12.7. The van der Waals surface area contributed by atoms with Gasteiger partial charge in [-0.3, -0.25) is 9.69 Å². The monoisotopic (exact) mass is 370 g/mol. The van der Waals surface area contributed by atoms with Crippen LogP contribution in [0, 0.1) is 5.92 Å². The minimum absolute atomic E-state index is 0.128. The summed E-state index contributed by atoms with van der Waals surface area (Å²) in [4.78, 5) is 14.5. The van der Waals surface area contributed by atoms with E-state index in [2.05, 4.69) is 35.2 Å². The Morgan fingerprint density at radius 1 is 1.08 bits per heavy atom. The topological polar surface area (TPSA) is 45.5 Å². The molecule has 2 aliphatic rings. The van der Waals surface area contributed by atoms with Crippen LogP contribution in [0.25, 0.3) is 0 Å². The molecule has 4 nitrogen and oxygen atoms in total. The first kappa shape index (κ1) is 17.8. The fraction of sp³-hybridized carbons (Fsp3) is 0.476. The average Bonchev–Trinajstić information content (AvgIpc) is 2.63. The third-order valence-electron chi connectivity index (χ3n) is 5.45. The van der Waals surface area contributed by atoms with Crippen molar-refractivity contribution in [2.24, 2.45) is 5.92 Å². The number of pyridine rings is 1. The summed E-state index contributed by atoms with van der Waals surface area (Å²) in [6.07, 6.45) is 0.860. The number of nitrogens with zero attached hydrogens (tertiary/aromatic N) is 2. The van der Waals surface area contributed by atoms with Gasteiger partial charge in [0.2, 0.25) is 0 Å². The molecule has 138 valence electrons.